The number of fused-ring (bicyclic) bond motifs is 4. The van der Waals surface area contributed by atoms with Gasteiger partial charge in [0.2, 0.25) is 24.5 Å². The molecule has 1 aromatic heterocycles. The summed E-state index contributed by atoms with van der Waals surface area (Å²) in [5.41, 5.74) is 21.5. The average Bonchev–Trinajstić information content (AvgIpc) is 3.82. The number of carboxylic acids is 1. The number of carboxylic acid groups (broad SMARTS) is 1. The first-order valence-corrected chi connectivity index (χ1v) is 18.3. The molecule has 17 heteroatoms. The molecule has 0 aliphatic carbocycles. The molecule has 0 saturated heterocycles. The number of aliphatic imine (C=N–C) groups is 1. The van der Waals surface area contributed by atoms with Crippen molar-refractivity contribution in [1.29, 1.82) is 0 Å². The number of nitrogens with zero attached hydrogens (tertiary/aromatic N) is 3. The van der Waals surface area contributed by atoms with Crippen LogP contribution in [-0.4, -0.2) is 93.1 Å². The van der Waals surface area contributed by atoms with Gasteiger partial charge in [0.25, 0.3) is 0 Å². The topological polar surface area (TPSA) is 261 Å². The minimum absolute atomic E-state index is 0.0132. The van der Waals surface area contributed by atoms with Crippen molar-refractivity contribution in [3.05, 3.63) is 94.7 Å². The second-order valence-electron chi connectivity index (χ2n) is 14.1. The molecule has 4 aromatic rings. The van der Waals surface area contributed by atoms with Gasteiger partial charge in [0.15, 0.2) is 17.5 Å². The van der Waals surface area contributed by atoms with E-state index in [0.29, 0.717) is 17.1 Å². The van der Waals surface area contributed by atoms with Crippen LogP contribution in [0.3, 0.4) is 0 Å². The Labute approximate surface area is 321 Å². The van der Waals surface area contributed by atoms with Crippen LogP contribution in [0.2, 0.25) is 0 Å². The number of para-hydroxylation sites is 1. The molecule has 292 valence electrons. The highest BCUT2D eigenvalue weighted by molar-refractivity contribution is 5.96. The minimum atomic E-state index is -1.34. The number of carbonyl (C=O) groups excluding carboxylic acids is 4. The number of H-pyrrole nitrogens is 1. The van der Waals surface area contributed by atoms with Gasteiger partial charge in [-0.05, 0) is 58.9 Å². The zero-order valence-corrected chi connectivity index (χ0v) is 30.4. The zero-order valence-electron chi connectivity index (χ0n) is 30.4. The molecular formula is C39H43N9O8. The maximum atomic E-state index is 14.7. The second kappa shape index (κ2) is 15.9. The van der Waals surface area contributed by atoms with E-state index in [1.54, 1.807) is 18.3 Å². The summed E-state index contributed by atoms with van der Waals surface area (Å²) in [7, 11) is 0. The number of hydrogen-bond acceptors (Lipinski definition) is 8. The fourth-order valence-electron chi connectivity index (χ4n) is 7.64. The molecule has 0 fully saturated rings. The standard InChI is InChI=1S/C39H43N9O8/c40-38(41)43-11-5-10-28(34(49)46-29(37(52)53)12-24-17-44-27-9-4-3-8-26(24)27)45-35(50)30-14-23-15-32-33(56-20-55-32)16-25(23)19-47(30)36(51)31-13-21-6-1-2-7-22(21)18-48(31)39(42)54/h1-4,6-9,15-17,28-31,44H,5,10-14,18-20H2,(H2,42,54)(H,45,50)(H,46,49)(H,52,53)(H4,40,41,43)/t28-,29-,30?,31-/m0/s1. The number of rotatable bonds is 12. The van der Waals surface area contributed by atoms with Crippen molar-refractivity contribution in [3.8, 4) is 11.5 Å². The fraction of sp³-hybridized carbons (Fsp3) is 0.333. The largest absolute Gasteiger partial charge is 0.480 e. The number of urea groups is 1. The van der Waals surface area contributed by atoms with Gasteiger partial charge in [-0.25, -0.2) is 9.59 Å². The maximum absolute atomic E-state index is 14.7. The smallest absolute Gasteiger partial charge is 0.326 e. The summed E-state index contributed by atoms with van der Waals surface area (Å²) in [6, 6.07) is 12.9. The summed E-state index contributed by atoms with van der Waals surface area (Å²) in [6.07, 6.45) is 2.19. The summed E-state index contributed by atoms with van der Waals surface area (Å²) in [6.45, 7) is 0.262. The van der Waals surface area contributed by atoms with Gasteiger partial charge in [0, 0.05) is 56.0 Å². The van der Waals surface area contributed by atoms with E-state index in [-0.39, 0.29) is 64.5 Å². The SMILES string of the molecule is NC(=O)N1Cc2ccccc2C[C@H]1C(=O)N1Cc2cc3c(cc2CC1C(=O)N[C@@H](CCCN=C(N)N)C(=O)N[C@@H](Cc1c[nH]c2ccccc12)C(=O)O)OCO3. The molecule has 10 N–H and O–H groups in total. The summed E-state index contributed by atoms with van der Waals surface area (Å²) < 4.78 is 11.2. The van der Waals surface area contributed by atoms with E-state index in [0.717, 1.165) is 33.2 Å². The molecule has 0 radical (unpaired) electrons. The van der Waals surface area contributed by atoms with E-state index in [1.807, 2.05) is 48.5 Å². The molecule has 56 heavy (non-hydrogen) atoms. The molecule has 17 nitrogen and oxygen atoms in total. The van der Waals surface area contributed by atoms with E-state index in [1.165, 1.54) is 9.80 Å². The number of aromatic amines is 1. The van der Waals surface area contributed by atoms with E-state index in [2.05, 4.69) is 20.6 Å². The number of aliphatic carboxylic acids is 1. The van der Waals surface area contributed by atoms with Crippen LogP contribution in [-0.2, 0) is 51.5 Å². The van der Waals surface area contributed by atoms with Gasteiger partial charge in [-0.3, -0.25) is 19.4 Å². The average molecular weight is 766 g/mol. The zero-order chi connectivity index (χ0) is 39.5. The highest BCUT2D eigenvalue weighted by atomic mass is 16.7. The molecule has 7 rings (SSSR count). The quantitative estimate of drug-likeness (QED) is 0.0612. The number of guanidine groups is 1. The lowest BCUT2D eigenvalue weighted by molar-refractivity contribution is -0.146. The van der Waals surface area contributed by atoms with Crippen LogP contribution in [0.5, 0.6) is 11.5 Å². The Morgan fingerprint density at radius 3 is 2.25 bits per heavy atom. The van der Waals surface area contributed by atoms with E-state index in [9.17, 15) is 29.1 Å². The molecule has 4 heterocycles. The third-order valence-corrected chi connectivity index (χ3v) is 10.5. The number of ether oxygens (including phenoxy) is 2. The van der Waals surface area contributed by atoms with Crippen molar-refractivity contribution in [3.63, 3.8) is 0 Å². The lowest BCUT2D eigenvalue weighted by atomic mass is 9.89. The van der Waals surface area contributed by atoms with Gasteiger partial charge < -0.3 is 57.2 Å². The lowest BCUT2D eigenvalue weighted by Gasteiger charge is -2.42. The summed E-state index contributed by atoms with van der Waals surface area (Å²) in [5.74, 6) is -2.31. The van der Waals surface area contributed by atoms with E-state index >= 15 is 0 Å². The maximum Gasteiger partial charge on any atom is 0.326 e. The third-order valence-electron chi connectivity index (χ3n) is 10.5. The third kappa shape index (κ3) is 7.87. The summed E-state index contributed by atoms with van der Waals surface area (Å²) >= 11 is 0. The Morgan fingerprint density at radius 1 is 0.839 bits per heavy atom. The Morgan fingerprint density at radius 2 is 1.52 bits per heavy atom. The predicted molar refractivity (Wildman–Crippen MR) is 203 cm³/mol. The van der Waals surface area contributed by atoms with Crippen molar-refractivity contribution < 1.29 is 38.6 Å². The van der Waals surface area contributed by atoms with Gasteiger partial charge in [0.1, 0.15) is 24.2 Å². The van der Waals surface area contributed by atoms with Gasteiger partial charge in [0.05, 0.1) is 0 Å². The molecule has 1 unspecified atom stereocenters. The van der Waals surface area contributed by atoms with Gasteiger partial charge in [-0.1, -0.05) is 42.5 Å². The molecule has 4 atom stereocenters. The van der Waals surface area contributed by atoms with Gasteiger partial charge in [-0.2, -0.15) is 0 Å². The van der Waals surface area contributed by atoms with Crippen LogP contribution in [0.25, 0.3) is 10.9 Å². The minimum Gasteiger partial charge on any atom is -0.480 e. The van der Waals surface area contributed by atoms with Crippen LogP contribution in [0, 0.1) is 0 Å². The second-order valence-corrected chi connectivity index (χ2v) is 14.1. The Hall–Kier alpha value is -6.78. The Kier molecular flexibility index (Phi) is 10.7. The lowest BCUT2D eigenvalue weighted by Crippen LogP contribution is -2.62. The molecule has 3 aromatic carbocycles. The molecule has 3 aliphatic heterocycles. The highest BCUT2D eigenvalue weighted by Crippen LogP contribution is 2.38. The van der Waals surface area contributed by atoms with E-state index in [4.69, 9.17) is 26.7 Å². The first kappa shape index (κ1) is 37.5. The van der Waals surface area contributed by atoms with Gasteiger partial charge >= 0.3 is 12.0 Å². The van der Waals surface area contributed by atoms with Gasteiger partial charge in [-0.15, -0.1) is 0 Å². The normalized spacial score (nSPS) is 17.9. The molecular weight excluding hydrogens is 722 g/mol. The number of amides is 5. The molecule has 0 spiro atoms. The number of hydrogen-bond donors (Lipinski definition) is 7. The molecule has 0 saturated carbocycles. The monoisotopic (exact) mass is 765 g/mol. The first-order valence-electron chi connectivity index (χ1n) is 18.3. The molecule has 3 aliphatic rings. The van der Waals surface area contributed by atoms with Crippen molar-refractivity contribution in [1.82, 2.24) is 25.4 Å². The predicted octanol–water partition coefficient (Wildman–Crippen LogP) is 1.01. The number of carbonyl (C=O) groups is 5. The number of nitrogens with two attached hydrogens (primary N) is 3. The van der Waals surface area contributed by atoms with Crippen LogP contribution in [0.15, 0.2) is 71.9 Å². The summed E-state index contributed by atoms with van der Waals surface area (Å²) in [4.78, 5) is 78.1. The van der Waals surface area contributed by atoms with Crippen molar-refractivity contribution in [2.24, 2.45) is 22.2 Å². The van der Waals surface area contributed by atoms with Crippen molar-refractivity contribution in [2.45, 2.75) is 69.4 Å². The van der Waals surface area contributed by atoms with Crippen molar-refractivity contribution in [2.75, 3.05) is 13.3 Å². The first-order chi connectivity index (χ1) is 27.0. The highest BCUT2D eigenvalue weighted by Gasteiger charge is 2.43. The van der Waals surface area contributed by atoms with E-state index < -0.39 is 53.9 Å². The summed E-state index contributed by atoms with van der Waals surface area (Å²) in [5, 5.41) is 16.4. The number of aromatic nitrogens is 1. The van der Waals surface area contributed by atoms with Crippen LogP contribution in [0.1, 0.15) is 40.7 Å². The van der Waals surface area contributed by atoms with Crippen molar-refractivity contribution >= 4 is 46.6 Å². The van der Waals surface area contributed by atoms with Crippen LogP contribution in [0.4, 0.5) is 4.79 Å². The van der Waals surface area contributed by atoms with Crippen LogP contribution < -0.4 is 37.3 Å². The van der Waals surface area contributed by atoms with Crippen LogP contribution >= 0.6 is 0 Å². The number of benzene rings is 3. The molecule has 5 amide bonds. The molecule has 0 bridgehead atoms. The Balaban J connectivity index is 1.17. The number of nitrogens with one attached hydrogen (secondary N) is 3. The Bertz CT molecular complexity index is 2220. The fourth-order valence-corrected chi connectivity index (χ4v) is 7.64. The number of primary amides is 1.